The third-order valence-electron chi connectivity index (χ3n) is 3.11. The van der Waals surface area contributed by atoms with Crippen LogP contribution in [-0.2, 0) is 11.3 Å². The molecule has 0 atom stereocenters. The van der Waals surface area contributed by atoms with E-state index >= 15 is 0 Å². The van der Waals surface area contributed by atoms with Crippen LogP contribution in [0, 0.1) is 0 Å². The highest BCUT2D eigenvalue weighted by atomic mass is 35.5. The van der Waals surface area contributed by atoms with Crippen molar-refractivity contribution in [3.05, 3.63) is 28.9 Å². The van der Waals surface area contributed by atoms with Crippen LogP contribution in [0.1, 0.15) is 25.3 Å². The van der Waals surface area contributed by atoms with Gasteiger partial charge in [0.15, 0.2) is 0 Å². The molecule has 19 heavy (non-hydrogen) atoms. The van der Waals surface area contributed by atoms with Gasteiger partial charge in [-0.25, -0.2) is 0 Å². The number of fused-ring (bicyclic) bond motifs is 1. The van der Waals surface area contributed by atoms with Crippen LogP contribution in [0.2, 0.25) is 5.02 Å². The number of hydrogen-bond acceptors (Lipinski definition) is 2. The van der Waals surface area contributed by atoms with Gasteiger partial charge in [0, 0.05) is 11.6 Å². The van der Waals surface area contributed by atoms with Gasteiger partial charge in [-0.2, -0.15) is 0 Å². The van der Waals surface area contributed by atoms with Gasteiger partial charge in [0.25, 0.3) is 0 Å². The van der Waals surface area contributed by atoms with Gasteiger partial charge in [-0.05, 0) is 23.6 Å². The number of ether oxygens (including phenoxy) is 1. The van der Waals surface area contributed by atoms with Crippen LogP contribution in [0.15, 0.2) is 18.3 Å². The second-order valence-electron chi connectivity index (χ2n) is 4.76. The summed E-state index contributed by atoms with van der Waals surface area (Å²) in [7, 11) is 1.57. The molecule has 102 valence electrons. The van der Waals surface area contributed by atoms with Crippen molar-refractivity contribution in [2.24, 2.45) is 0 Å². The number of carboxylic acid groups (broad SMARTS) is 1. The third-order valence-corrected chi connectivity index (χ3v) is 3.41. The number of methoxy groups -OCH3 is 1. The van der Waals surface area contributed by atoms with Crippen LogP contribution >= 0.6 is 11.6 Å². The zero-order chi connectivity index (χ0) is 14.2. The lowest BCUT2D eigenvalue weighted by Crippen LogP contribution is -2.07. The number of carbonyl (C=O) groups is 1. The standard InChI is InChI=1S/C14H16ClNO3/c1-8(2)10-6-16(7-14(17)18)12-5-11(15)13(19-3)4-9(10)12/h4-6,8H,7H2,1-3H3,(H,17,18). The molecule has 0 spiro atoms. The molecular weight excluding hydrogens is 266 g/mol. The summed E-state index contributed by atoms with van der Waals surface area (Å²) in [6, 6.07) is 3.62. The minimum absolute atomic E-state index is 0.0775. The van der Waals surface area contributed by atoms with Crippen molar-refractivity contribution in [1.82, 2.24) is 4.57 Å². The predicted octanol–water partition coefficient (Wildman–Crippen LogP) is 3.51. The van der Waals surface area contributed by atoms with Gasteiger partial charge in [0.1, 0.15) is 12.3 Å². The van der Waals surface area contributed by atoms with Crippen LogP contribution in [-0.4, -0.2) is 22.8 Å². The van der Waals surface area contributed by atoms with E-state index in [1.165, 1.54) is 0 Å². The van der Waals surface area contributed by atoms with E-state index in [2.05, 4.69) is 13.8 Å². The zero-order valence-corrected chi connectivity index (χ0v) is 11.9. The van der Waals surface area contributed by atoms with E-state index in [-0.39, 0.29) is 6.54 Å². The maximum atomic E-state index is 10.9. The molecule has 1 aromatic carbocycles. The topological polar surface area (TPSA) is 51.5 Å². The summed E-state index contributed by atoms with van der Waals surface area (Å²) in [5, 5.41) is 10.4. The quantitative estimate of drug-likeness (QED) is 0.933. The van der Waals surface area contributed by atoms with E-state index in [4.69, 9.17) is 21.4 Å². The highest BCUT2D eigenvalue weighted by molar-refractivity contribution is 6.32. The Morgan fingerprint density at radius 2 is 2.16 bits per heavy atom. The Kier molecular flexibility index (Phi) is 3.71. The maximum Gasteiger partial charge on any atom is 0.323 e. The molecule has 1 heterocycles. The SMILES string of the molecule is COc1cc2c(C(C)C)cn(CC(=O)O)c2cc1Cl. The molecular formula is C14H16ClNO3. The molecule has 0 amide bonds. The van der Waals surface area contributed by atoms with Crippen molar-refractivity contribution in [3.63, 3.8) is 0 Å². The number of aromatic nitrogens is 1. The Bertz CT molecular complexity index is 631. The monoisotopic (exact) mass is 281 g/mol. The number of halogens is 1. The van der Waals surface area contributed by atoms with E-state index in [0.29, 0.717) is 16.7 Å². The number of benzene rings is 1. The zero-order valence-electron chi connectivity index (χ0n) is 11.1. The smallest absolute Gasteiger partial charge is 0.323 e. The van der Waals surface area contributed by atoms with Crippen LogP contribution in [0.3, 0.4) is 0 Å². The molecule has 4 nitrogen and oxygen atoms in total. The summed E-state index contributed by atoms with van der Waals surface area (Å²) in [5.41, 5.74) is 1.91. The summed E-state index contributed by atoms with van der Waals surface area (Å²) < 4.78 is 6.93. The van der Waals surface area contributed by atoms with Crippen LogP contribution in [0.5, 0.6) is 5.75 Å². The van der Waals surface area contributed by atoms with Gasteiger partial charge < -0.3 is 14.4 Å². The normalized spacial score (nSPS) is 11.2. The van der Waals surface area contributed by atoms with Gasteiger partial charge in [-0.3, -0.25) is 4.79 Å². The first-order valence-electron chi connectivity index (χ1n) is 6.02. The number of aliphatic carboxylic acids is 1. The minimum Gasteiger partial charge on any atom is -0.495 e. The number of rotatable bonds is 4. The molecule has 1 N–H and O–H groups in total. The van der Waals surface area contributed by atoms with E-state index in [9.17, 15) is 4.79 Å². The number of nitrogens with zero attached hydrogens (tertiary/aromatic N) is 1. The summed E-state index contributed by atoms with van der Waals surface area (Å²) in [6.07, 6.45) is 1.87. The van der Waals surface area contributed by atoms with Crippen LogP contribution in [0.25, 0.3) is 10.9 Å². The van der Waals surface area contributed by atoms with Gasteiger partial charge in [0.2, 0.25) is 0 Å². The molecule has 0 saturated carbocycles. The summed E-state index contributed by atoms with van der Waals surface area (Å²) in [6.45, 7) is 4.06. The van der Waals surface area contributed by atoms with Crippen molar-refractivity contribution in [3.8, 4) is 5.75 Å². The van der Waals surface area contributed by atoms with Crippen molar-refractivity contribution >= 4 is 28.5 Å². The van der Waals surface area contributed by atoms with E-state index in [1.807, 2.05) is 12.3 Å². The van der Waals surface area contributed by atoms with Gasteiger partial charge >= 0.3 is 5.97 Å². The Hall–Kier alpha value is -1.68. The summed E-state index contributed by atoms with van der Waals surface area (Å²) in [5.74, 6) is 0.0201. The largest absolute Gasteiger partial charge is 0.495 e. The molecule has 1 aromatic heterocycles. The summed E-state index contributed by atoms with van der Waals surface area (Å²) in [4.78, 5) is 10.9. The van der Waals surface area contributed by atoms with Crippen LogP contribution < -0.4 is 4.74 Å². The Morgan fingerprint density at radius 1 is 1.47 bits per heavy atom. The Morgan fingerprint density at radius 3 is 2.68 bits per heavy atom. The van der Waals surface area contributed by atoms with Crippen molar-refractivity contribution < 1.29 is 14.6 Å². The highest BCUT2D eigenvalue weighted by Gasteiger charge is 2.15. The minimum atomic E-state index is -0.876. The molecule has 0 saturated heterocycles. The molecule has 0 aliphatic heterocycles. The molecule has 0 radical (unpaired) electrons. The Labute approximate surface area is 116 Å². The lowest BCUT2D eigenvalue weighted by Gasteiger charge is -2.06. The predicted molar refractivity (Wildman–Crippen MR) is 75.2 cm³/mol. The number of hydrogen-bond donors (Lipinski definition) is 1. The van der Waals surface area contributed by atoms with Crippen molar-refractivity contribution in [2.75, 3.05) is 7.11 Å². The molecule has 2 rings (SSSR count). The first kappa shape index (κ1) is 13.7. The van der Waals surface area contributed by atoms with Gasteiger partial charge in [-0.15, -0.1) is 0 Å². The average Bonchev–Trinajstić information content (AvgIpc) is 2.66. The average molecular weight is 282 g/mol. The molecule has 2 aromatic rings. The first-order valence-corrected chi connectivity index (χ1v) is 6.40. The molecule has 0 unspecified atom stereocenters. The second kappa shape index (κ2) is 5.13. The molecule has 0 fully saturated rings. The third kappa shape index (κ3) is 2.54. The van der Waals surface area contributed by atoms with Crippen LogP contribution in [0.4, 0.5) is 0 Å². The highest BCUT2D eigenvalue weighted by Crippen LogP contribution is 2.35. The molecule has 0 bridgehead atoms. The second-order valence-corrected chi connectivity index (χ2v) is 5.17. The van der Waals surface area contributed by atoms with E-state index in [1.54, 1.807) is 17.7 Å². The lowest BCUT2D eigenvalue weighted by atomic mass is 10.0. The van der Waals surface area contributed by atoms with E-state index in [0.717, 1.165) is 16.5 Å². The Balaban J connectivity index is 2.71. The molecule has 5 heteroatoms. The van der Waals surface area contributed by atoms with Gasteiger partial charge in [-0.1, -0.05) is 25.4 Å². The van der Waals surface area contributed by atoms with Crippen molar-refractivity contribution in [1.29, 1.82) is 0 Å². The van der Waals surface area contributed by atoms with Gasteiger partial charge in [0.05, 0.1) is 17.6 Å². The fraction of sp³-hybridized carbons (Fsp3) is 0.357. The molecule has 0 aliphatic carbocycles. The fourth-order valence-corrected chi connectivity index (χ4v) is 2.45. The maximum absolute atomic E-state index is 10.9. The van der Waals surface area contributed by atoms with E-state index < -0.39 is 5.97 Å². The summed E-state index contributed by atoms with van der Waals surface area (Å²) >= 11 is 6.11. The molecule has 0 aliphatic rings. The first-order chi connectivity index (χ1) is 8.93. The van der Waals surface area contributed by atoms with Crippen molar-refractivity contribution in [2.45, 2.75) is 26.3 Å². The fourth-order valence-electron chi connectivity index (χ4n) is 2.21. The number of carboxylic acids is 1. The lowest BCUT2D eigenvalue weighted by molar-refractivity contribution is -0.137.